The number of fused-ring (bicyclic) bond motifs is 1. The lowest BCUT2D eigenvalue weighted by Gasteiger charge is -2.15. The van der Waals surface area contributed by atoms with Gasteiger partial charge in [-0.25, -0.2) is 9.97 Å². The Bertz CT molecular complexity index is 810. The Balaban J connectivity index is 1.41. The normalized spacial score (nSPS) is 17.8. The van der Waals surface area contributed by atoms with Crippen molar-refractivity contribution in [1.29, 1.82) is 0 Å². The second kappa shape index (κ2) is 6.29. The first-order chi connectivity index (χ1) is 11.3. The summed E-state index contributed by atoms with van der Waals surface area (Å²) < 4.78 is 6.85. The molecule has 1 aromatic carbocycles. The summed E-state index contributed by atoms with van der Waals surface area (Å²) in [7, 11) is 0. The number of rotatable bonds is 4. The predicted molar refractivity (Wildman–Crippen MR) is 92.5 cm³/mol. The van der Waals surface area contributed by atoms with Crippen LogP contribution < -0.4 is 9.64 Å². The fourth-order valence-electron chi connectivity index (χ4n) is 2.73. The fraction of sp³-hybridized carbons (Fsp3) is 0.312. The van der Waals surface area contributed by atoms with Gasteiger partial charge in [-0.2, -0.15) is 0 Å². The first kappa shape index (κ1) is 14.7. The molecule has 23 heavy (non-hydrogen) atoms. The van der Waals surface area contributed by atoms with E-state index in [0.717, 1.165) is 39.9 Å². The summed E-state index contributed by atoms with van der Waals surface area (Å²) in [4.78, 5) is 15.2. The highest BCUT2D eigenvalue weighted by Gasteiger charge is 2.25. The number of ether oxygens (including phenoxy) is 1. The fourth-order valence-corrected chi connectivity index (χ4v) is 4.00. The van der Waals surface area contributed by atoms with E-state index in [4.69, 9.17) is 21.3 Å². The molecule has 0 bridgehead atoms. The summed E-state index contributed by atoms with van der Waals surface area (Å²) in [6.45, 7) is 2.61. The molecule has 3 aromatic rings. The zero-order chi connectivity index (χ0) is 15.6. The molecule has 0 aliphatic carbocycles. The van der Waals surface area contributed by atoms with Gasteiger partial charge in [0.05, 0.1) is 23.0 Å². The number of anilines is 1. The van der Waals surface area contributed by atoms with Crippen molar-refractivity contribution < 1.29 is 4.74 Å². The molecule has 0 radical (unpaired) electrons. The van der Waals surface area contributed by atoms with Crippen LogP contribution in [-0.2, 0) is 0 Å². The highest BCUT2D eigenvalue weighted by molar-refractivity contribution is 7.22. The maximum absolute atomic E-state index is 6.05. The van der Waals surface area contributed by atoms with E-state index in [2.05, 4.69) is 14.9 Å². The molecule has 1 fully saturated rings. The molecule has 1 atom stereocenters. The number of hydrogen-bond donors (Lipinski definition) is 0. The molecule has 1 saturated heterocycles. The molecule has 5 nitrogen and oxygen atoms in total. The Kier molecular flexibility index (Phi) is 4.01. The van der Waals surface area contributed by atoms with E-state index in [1.54, 1.807) is 29.9 Å². The van der Waals surface area contributed by atoms with Gasteiger partial charge in [-0.3, -0.25) is 4.98 Å². The van der Waals surface area contributed by atoms with Crippen LogP contribution in [0.5, 0.6) is 5.88 Å². The summed E-state index contributed by atoms with van der Waals surface area (Å²) in [5, 5.41) is 1.81. The third kappa shape index (κ3) is 3.23. The van der Waals surface area contributed by atoms with Crippen LogP contribution >= 0.6 is 22.9 Å². The Morgan fingerprint density at radius 2 is 2.30 bits per heavy atom. The van der Waals surface area contributed by atoms with Crippen LogP contribution in [0.3, 0.4) is 0 Å². The van der Waals surface area contributed by atoms with Crippen molar-refractivity contribution in [3.63, 3.8) is 0 Å². The van der Waals surface area contributed by atoms with Gasteiger partial charge in [-0.1, -0.05) is 22.9 Å². The Labute approximate surface area is 142 Å². The second-order valence-corrected chi connectivity index (χ2v) is 7.01. The molecule has 3 heterocycles. The van der Waals surface area contributed by atoms with Crippen LogP contribution in [0, 0.1) is 5.92 Å². The van der Waals surface area contributed by atoms with Gasteiger partial charge in [0.2, 0.25) is 5.88 Å². The largest absolute Gasteiger partial charge is 0.476 e. The maximum Gasteiger partial charge on any atom is 0.232 e. The van der Waals surface area contributed by atoms with Crippen molar-refractivity contribution >= 4 is 38.3 Å². The molecule has 118 valence electrons. The maximum atomic E-state index is 6.05. The number of nitrogens with zero attached hydrogens (tertiary/aromatic N) is 4. The quantitative estimate of drug-likeness (QED) is 0.721. The summed E-state index contributed by atoms with van der Waals surface area (Å²) in [6, 6.07) is 5.83. The van der Waals surface area contributed by atoms with E-state index in [9.17, 15) is 0 Å². The number of hydrogen-bond acceptors (Lipinski definition) is 6. The molecular formula is C16H15ClN4OS. The number of halogens is 1. The van der Waals surface area contributed by atoms with Gasteiger partial charge in [0.1, 0.15) is 0 Å². The van der Waals surface area contributed by atoms with E-state index in [-0.39, 0.29) is 0 Å². The van der Waals surface area contributed by atoms with Crippen LogP contribution in [0.15, 0.2) is 36.8 Å². The van der Waals surface area contributed by atoms with Gasteiger partial charge in [0, 0.05) is 36.4 Å². The molecule has 2 aromatic heterocycles. The average molecular weight is 347 g/mol. The third-order valence-corrected chi connectivity index (χ3v) is 5.22. The first-order valence-corrected chi connectivity index (χ1v) is 8.67. The van der Waals surface area contributed by atoms with E-state index in [0.29, 0.717) is 18.4 Å². The number of thiazole rings is 1. The molecule has 7 heteroatoms. The first-order valence-electron chi connectivity index (χ1n) is 7.48. The monoisotopic (exact) mass is 346 g/mol. The summed E-state index contributed by atoms with van der Waals surface area (Å²) in [5.74, 6) is 1.06. The van der Waals surface area contributed by atoms with Gasteiger partial charge < -0.3 is 9.64 Å². The summed E-state index contributed by atoms with van der Waals surface area (Å²) >= 11 is 7.74. The van der Waals surface area contributed by atoms with Crippen molar-refractivity contribution in [3.8, 4) is 5.88 Å². The van der Waals surface area contributed by atoms with Crippen molar-refractivity contribution in [2.24, 2.45) is 5.92 Å². The summed E-state index contributed by atoms with van der Waals surface area (Å²) in [6.07, 6.45) is 6.02. The van der Waals surface area contributed by atoms with Crippen LogP contribution in [0.4, 0.5) is 5.13 Å². The standard InChI is InChI=1S/C16H15ClN4OS/c17-12-1-2-13-14(7-12)23-16(20-13)21-6-3-11(9-21)10-22-15-8-18-4-5-19-15/h1-2,4-5,7-8,11H,3,6,9-10H2. The lowest BCUT2D eigenvalue weighted by atomic mass is 10.1. The number of aromatic nitrogens is 3. The molecule has 4 rings (SSSR count). The lowest BCUT2D eigenvalue weighted by molar-refractivity contribution is 0.251. The van der Waals surface area contributed by atoms with Gasteiger partial charge >= 0.3 is 0 Å². The van der Waals surface area contributed by atoms with Gasteiger partial charge in [-0.05, 0) is 24.6 Å². The SMILES string of the molecule is Clc1ccc2nc(N3CCC(COc4cnccn4)C3)sc2c1. The Morgan fingerprint density at radius 1 is 1.35 bits per heavy atom. The predicted octanol–water partition coefficient (Wildman–Crippen LogP) is 3.65. The molecule has 1 aliphatic heterocycles. The van der Waals surface area contributed by atoms with E-state index in [1.807, 2.05) is 18.2 Å². The molecular weight excluding hydrogens is 332 g/mol. The van der Waals surface area contributed by atoms with Crippen LogP contribution in [0.2, 0.25) is 5.02 Å². The van der Waals surface area contributed by atoms with Crippen LogP contribution in [-0.4, -0.2) is 34.6 Å². The molecule has 0 saturated carbocycles. The topological polar surface area (TPSA) is 51.1 Å². The van der Waals surface area contributed by atoms with Gasteiger partial charge in [0.15, 0.2) is 5.13 Å². The van der Waals surface area contributed by atoms with E-state index < -0.39 is 0 Å². The zero-order valence-electron chi connectivity index (χ0n) is 12.4. The molecule has 0 N–H and O–H groups in total. The molecule has 1 unspecified atom stereocenters. The zero-order valence-corrected chi connectivity index (χ0v) is 13.9. The summed E-state index contributed by atoms with van der Waals surface area (Å²) in [5.41, 5.74) is 1.01. The highest BCUT2D eigenvalue weighted by atomic mass is 35.5. The van der Waals surface area contributed by atoms with Crippen molar-refractivity contribution in [1.82, 2.24) is 15.0 Å². The Morgan fingerprint density at radius 3 is 3.17 bits per heavy atom. The minimum atomic E-state index is 0.479. The average Bonchev–Trinajstić information content (AvgIpc) is 3.20. The van der Waals surface area contributed by atoms with Crippen molar-refractivity contribution in [3.05, 3.63) is 41.8 Å². The lowest BCUT2D eigenvalue weighted by Crippen LogP contribution is -2.21. The van der Waals surface area contributed by atoms with E-state index in [1.165, 1.54) is 0 Å². The van der Waals surface area contributed by atoms with Crippen molar-refractivity contribution in [2.75, 3.05) is 24.6 Å². The minimum Gasteiger partial charge on any atom is -0.476 e. The smallest absolute Gasteiger partial charge is 0.232 e. The van der Waals surface area contributed by atoms with Crippen LogP contribution in [0.1, 0.15) is 6.42 Å². The van der Waals surface area contributed by atoms with E-state index >= 15 is 0 Å². The third-order valence-electron chi connectivity index (χ3n) is 3.90. The highest BCUT2D eigenvalue weighted by Crippen LogP contribution is 2.33. The van der Waals surface area contributed by atoms with Gasteiger partial charge in [-0.15, -0.1) is 0 Å². The number of benzene rings is 1. The second-order valence-electron chi connectivity index (χ2n) is 5.56. The minimum absolute atomic E-state index is 0.479. The van der Waals surface area contributed by atoms with Crippen LogP contribution in [0.25, 0.3) is 10.2 Å². The molecule has 1 aliphatic rings. The molecule has 0 amide bonds. The van der Waals surface area contributed by atoms with Gasteiger partial charge in [0.25, 0.3) is 0 Å². The van der Waals surface area contributed by atoms with Crippen molar-refractivity contribution in [2.45, 2.75) is 6.42 Å². The molecule has 0 spiro atoms. The Hall–Kier alpha value is -1.92.